The maximum absolute atomic E-state index is 11.9. The SMILES string of the molecule is CN(Cc1ccncc1)C(=O)C(N)CCC(=O)O. The number of rotatable bonds is 6. The van der Waals surface area contributed by atoms with Gasteiger partial charge in [-0.25, -0.2) is 0 Å². The first-order valence-electron chi connectivity index (χ1n) is 5.62. The van der Waals surface area contributed by atoms with Gasteiger partial charge in [0.05, 0.1) is 6.04 Å². The largest absolute Gasteiger partial charge is 0.481 e. The fraction of sp³-hybridized carbons (Fsp3) is 0.417. The molecule has 6 nitrogen and oxygen atoms in total. The van der Waals surface area contributed by atoms with E-state index < -0.39 is 12.0 Å². The van der Waals surface area contributed by atoms with Gasteiger partial charge in [-0.3, -0.25) is 14.6 Å². The van der Waals surface area contributed by atoms with Crippen LogP contribution < -0.4 is 5.73 Å². The van der Waals surface area contributed by atoms with Crippen molar-refractivity contribution in [3.63, 3.8) is 0 Å². The molecule has 3 N–H and O–H groups in total. The zero-order valence-electron chi connectivity index (χ0n) is 10.2. The van der Waals surface area contributed by atoms with Gasteiger partial charge in [-0.1, -0.05) is 0 Å². The molecule has 0 bridgehead atoms. The summed E-state index contributed by atoms with van der Waals surface area (Å²) in [6.45, 7) is 0.433. The van der Waals surface area contributed by atoms with E-state index in [1.54, 1.807) is 19.4 Å². The van der Waals surface area contributed by atoms with Crippen molar-refractivity contribution in [2.24, 2.45) is 5.73 Å². The number of amides is 1. The Balaban J connectivity index is 2.48. The third-order valence-electron chi connectivity index (χ3n) is 2.53. The highest BCUT2D eigenvalue weighted by atomic mass is 16.4. The van der Waals surface area contributed by atoms with E-state index in [0.29, 0.717) is 6.54 Å². The number of aliphatic carboxylic acids is 1. The summed E-state index contributed by atoms with van der Waals surface area (Å²) < 4.78 is 0. The van der Waals surface area contributed by atoms with Crippen LogP contribution in [0.5, 0.6) is 0 Å². The van der Waals surface area contributed by atoms with Crippen LogP contribution >= 0.6 is 0 Å². The molecule has 1 atom stereocenters. The van der Waals surface area contributed by atoms with Gasteiger partial charge in [0.15, 0.2) is 0 Å². The number of pyridine rings is 1. The van der Waals surface area contributed by atoms with E-state index in [9.17, 15) is 9.59 Å². The van der Waals surface area contributed by atoms with Crippen LogP contribution in [0.25, 0.3) is 0 Å². The van der Waals surface area contributed by atoms with Gasteiger partial charge in [-0.15, -0.1) is 0 Å². The van der Waals surface area contributed by atoms with Crippen LogP contribution in [0.2, 0.25) is 0 Å². The number of likely N-dealkylation sites (N-methyl/N-ethyl adjacent to an activating group) is 1. The molecule has 0 aliphatic heterocycles. The molecule has 1 unspecified atom stereocenters. The highest BCUT2D eigenvalue weighted by molar-refractivity contribution is 5.82. The van der Waals surface area contributed by atoms with Crippen molar-refractivity contribution < 1.29 is 14.7 Å². The topological polar surface area (TPSA) is 96.5 Å². The number of nitrogens with two attached hydrogens (primary N) is 1. The van der Waals surface area contributed by atoms with Crippen LogP contribution in [0.3, 0.4) is 0 Å². The third kappa shape index (κ3) is 4.50. The number of aromatic nitrogens is 1. The van der Waals surface area contributed by atoms with E-state index in [2.05, 4.69) is 4.98 Å². The Labute approximate surface area is 105 Å². The molecular weight excluding hydrogens is 234 g/mol. The van der Waals surface area contributed by atoms with Gasteiger partial charge >= 0.3 is 5.97 Å². The first-order valence-corrected chi connectivity index (χ1v) is 5.62. The van der Waals surface area contributed by atoms with Crippen molar-refractivity contribution in [3.8, 4) is 0 Å². The number of hydrogen-bond donors (Lipinski definition) is 2. The van der Waals surface area contributed by atoms with Crippen molar-refractivity contribution in [2.75, 3.05) is 7.05 Å². The lowest BCUT2D eigenvalue weighted by Gasteiger charge is -2.21. The van der Waals surface area contributed by atoms with Crippen molar-refractivity contribution in [3.05, 3.63) is 30.1 Å². The molecule has 1 heterocycles. The summed E-state index contributed by atoms with van der Waals surface area (Å²) in [4.78, 5) is 27.6. The quantitative estimate of drug-likeness (QED) is 0.754. The molecule has 1 rings (SSSR count). The van der Waals surface area contributed by atoms with Crippen LogP contribution in [0.4, 0.5) is 0 Å². The highest BCUT2D eigenvalue weighted by Crippen LogP contribution is 2.05. The summed E-state index contributed by atoms with van der Waals surface area (Å²) in [5, 5.41) is 8.53. The number of nitrogens with zero attached hydrogens (tertiary/aromatic N) is 2. The van der Waals surface area contributed by atoms with Gasteiger partial charge in [0.1, 0.15) is 0 Å². The first-order chi connectivity index (χ1) is 8.50. The summed E-state index contributed by atoms with van der Waals surface area (Å²) >= 11 is 0. The zero-order chi connectivity index (χ0) is 13.5. The number of hydrogen-bond acceptors (Lipinski definition) is 4. The van der Waals surface area contributed by atoms with Crippen LogP contribution in [0.15, 0.2) is 24.5 Å². The van der Waals surface area contributed by atoms with Gasteiger partial charge in [0.25, 0.3) is 0 Å². The van der Waals surface area contributed by atoms with Gasteiger partial charge in [0.2, 0.25) is 5.91 Å². The van der Waals surface area contributed by atoms with Crippen molar-refractivity contribution in [1.82, 2.24) is 9.88 Å². The minimum atomic E-state index is -0.949. The van der Waals surface area contributed by atoms with E-state index in [1.165, 1.54) is 4.90 Å². The number of carbonyl (C=O) groups excluding carboxylic acids is 1. The van der Waals surface area contributed by atoms with Gasteiger partial charge in [-0.2, -0.15) is 0 Å². The lowest BCUT2D eigenvalue weighted by molar-refractivity contribution is -0.137. The molecule has 0 saturated heterocycles. The number of carbonyl (C=O) groups is 2. The monoisotopic (exact) mass is 251 g/mol. The van der Waals surface area contributed by atoms with Crippen LogP contribution in [-0.4, -0.2) is 40.0 Å². The normalized spacial score (nSPS) is 11.9. The van der Waals surface area contributed by atoms with E-state index in [-0.39, 0.29) is 18.7 Å². The minimum Gasteiger partial charge on any atom is -0.481 e. The Morgan fingerprint density at radius 3 is 2.61 bits per heavy atom. The molecule has 0 aromatic carbocycles. The number of carboxylic acid groups (broad SMARTS) is 1. The zero-order valence-corrected chi connectivity index (χ0v) is 10.2. The second-order valence-corrected chi connectivity index (χ2v) is 4.09. The lowest BCUT2D eigenvalue weighted by Crippen LogP contribution is -2.41. The summed E-state index contributed by atoms with van der Waals surface area (Å²) in [6.07, 6.45) is 3.35. The molecule has 98 valence electrons. The van der Waals surface area contributed by atoms with E-state index >= 15 is 0 Å². The fourth-order valence-electron chi connectivity index (χ4n) is 1.53. The maximum atomic E-state index is 11.9. The van der Waals surface area contributed by atoms with Crippen molar-refractivity contribution in [1.29, 1.82) is 0 Å². The molecule has 0 aliphatic carbocycles. The van der Waals surface area contributed by atoms with E-state index in [0.717, 1.165) is 5.56 Å². The molecule has 6 heteroatoms. The predicted molar refractivity (Wildman–Crippen MR) is 65.6 cm³/mol. The average Bonchev–Trinajstić information content (AvgIpc) is 2.36. The van der Waals surface area contributed by atoms with Gasteiger partial charge in [0, 0.05) is 32.4 Å². The maximum Gasteiger partial charge on any atom is 0.303 e. The molecule has 0 fully saturated rings. The summed E-state index contributed by atoms with van der Waals surface area (Å²) in [6, 6.07) is 2.85. The molecule has 0 radical (unpaired) electrons. The molecule has 0 aliphatic rings. The predicted octanol–water partition coefficient (Wildman–Crippen LogP) is 0.232. The van der Waals surface area contributed by atoms with E-state index in [1.807, 2.05) is 12.1 Å². The van der Waals surface area contributed by atoms with Crippen molar-refractivity contribution >= 4 is 11.9 Å². The Hall–Kier alpha value is -1.95. The van der Waals surface area contributed by atoms with Crippen LogP contribution in [0, 0.1) is 0 Å². The summed E-state index contributed by atoms with van der Waals surface area (Å²) in [5.74, 6) is -1.21. The smallest absolute Gasteiger partial charge is 0.303 e. The Morgan fingerprint density at radius 1 is 1.44 bits per heavy atom. The lowest BCUT2D eigenvalue weighted by atomic mass is 10.1. The highest BCUT2D eigenvalue weighted by Gasteiger charge is 2.18. The Morgan fingerprint density at radius 2 is 2.06 bits per heavy atom. The van der Waals surface area contributed by atoms with Gasteiger partial charge in [-0.05, 0) is 24.1 Å². The second-order valence-electron chi connectivity index (χ2n) is 4.09. The van der Waals surface area contributed by atoms with Crippen LogP contribution in [0.1, 0.15) is 18.4 Å². The second kappa shape index (κ2) is 6.70. The Bertz CT molecular complexity index is 408. The first kappa shape index (κ1) is 14.1. The number of carboxylic acids is 1. The minimum absolute atomic E-state index is 0.101. The van der Waals surface area contributed by atoms with E-state index in [4.69, 9.17) is 10.8 Å². The summed E-state index contributed by atoms with van der Waals surface area (Å²) in [5.41, 5.74) is 6.60. The molecule has 18 heavy (non-hydrogen) atoms. The molecule has 1 amide bonds. The van der Waals surface area contributed by atoms with Gasteiger partial charge < -0.3 is 15.7 Å². The molecular formula is C12H17N3O3. The molecule has 1 aromatic rings. The standard InChI is InChI=1S/C12H17N3O3/c1-15(8-9-4-6-14-7-5-9)12(18)10(13)2-3-11(16)17/h4-7,10H,2-3,8,13H2,1H3,(H,16,17). The third-order valence-corrected chi connectivity index (χ3v) is 2.53. The Kier molecular flexibility index (Phi) is 5.26. The van der Waals surface area contributed by atoms with Crippen LogP contribution in [-0.2, 0) is 16.1 Å². The molecule has 0 saturated carbocycles. The molecule has 1 aromatic heterocycles. The van der Waals surface area contributed by atoms with Crippen molar-refractivity contribution in [2.45, 2.75) is 25.4 Å². The molecule has 0 spiro atoms. The fourth-order valence-corrected chi connectivity index (χ4v) is 1.53. The average molecular weight is 251 g/mol. The summed E-state index contributed by atoms with van der Waals surface area (Å²) in [7, 11) is 1.64.